The molecule has 1 rings (SSSR count). The average Bonchev–Trinajstić information content (AvgIpc) is 2.56. The van der Waals surface area contributed by atoms with Crippen LogP contribution in [0.1, 0.15) is 60.8 Å². The van der Waals surface area contributed by atoms with E-state index < -0.39 is 5.60 Å². The topological polar surface area (TPSA) is 55.6 Å². The summed E-state index contributed by atoms with van der Waals surface area (Å²) >= 11 is 0. The summed E-state index contributed by atoms with van der Waals surface area (Å²) in [5.41, 5.74) is 4.60. The largest absolute Gasteiger partial charge is 0.444 e. The zero-order valence-electron chi connectivity index (χ0n) is 12.9. The van der Waals surface area contributed by atoms with E-state index in [0.29, 0.717) is 0 Å². The van der Waals surface area contributed by atoms with Gasteiger partial charge in [-0.1, -0.05) is 6.92 Å². The van der Waals surface area contributed by atoms with Crippen LogP contribution < -0.4 is 5.73 Å². The van der Waals surface area contributed by atoms with Gasteiger partial charge in [-0.05, 0) is 60.4 Å². The molecule has 0 bridgehead atoms. The van der Waals surface area contributed by atoms with Gasteiger partial charge in [-0.2, -0.15) is 0 Å². The number of carbonyl (C=O) groups excluding carboxylic acids is 1. The van der Waals surface area contributed by atoms with E-state index in [4.69, 9.17) is 10.5 Å². The van der Waals surface area contributed by atoms with Gasteiger partial charge in [0.05, 0.1) is 0 Å². The number of carbonyl (C=O) groups is 1. The fourth-order valence-corrected chi connectivity index (χ4v) is 1.76. The SMILES string of the molecule is CC(C)(C)OC(=O)N1CCCC1(C)C.CCCN. The summed E-state index contributed by atoms with van der Waals surface area (Å²) in [5, 5.41) is 0. The van der Waals surface area contributed by atoms with E-state index in [2.05, 4.69) is 20.8 Å². The van der Waals surface area contributed by atoms with Crippen LogP contribution in [0.25, 0.3) is 0 Å². The number of ether oxygens (including phenoxy) is 1. The molecule has 1 amide bonds. The normalized spacial score (nSPS) is 18.1. The molecule has 1 saturated heterocycles. The molecule has 0 spiro atoms. The molecule has 1 aliphatic rings. The molecule has 1 aliphatic heterocycles. The van der Waals surface area contributed by atoms with Crippen LogP contribution in [-0.2, 0) is 4.74 Å². The van der Waals surface area contributed by atoms with Crippen molar-refractivity contribution >= 4 is 6.09 Å². The van der Waals surface area contributed by atoms with Gasteiger partial charge in [0.1, 0.15) is 5.60 Å². The minimum Gasteiger partial charge on any atom is -0.444 e. The van der Waals surface area contributed by atoms with Crippen molar-refractivity contribution in [1.82, 2.24) is 4.90 Å². The first-order valence-electron chi connectivity index (χ1n) is 6.84. The highest BCUT2D eigenvalue weighted by Gasteiger charge is 2.37. The second-order valence-electron chi connectivity index (χ2n) is 6.34. The van der Waals surface area contributed by atoms with Crippen LogP contribution in [0.5, 0.6) is 0 Å². The Bertz CT molecular complexity index is 255. The number of nitrogens with zero attached hydrogens (tertiary/aromatic N) is 1. The Morgan fingerprint density at radius 3 is 2.17 bits per heavy atom. The highest BCUT2D eigenvalue weighted by Crippen LogP contribution is 2.29. The van der Waals surface area contributed by atoms with Crippen molar-refractivity contribution in [2.45, 2.75) is 71.9 Å². The maximum Gasteiger partial charge on any atom is 0.410 e. The highest BCUT2D eigenvalue weighted by molar-refractivity contribution is 5.69. The predicted octanol–water partition coefficient (Wildman–Crippen LogP) is 3.15. The van der Waals surface area contributed by atoms with Gasteiger partial charge >= 0.3 is 6.09 Å². The third-order valence-electron chi connectivity index (χ3n) is 2.80. The second kappa shape index (κ2) is 6.98. The first-order valence-corrected chi connectivity index (χ1v) is 6.84. The molecule has 4 nitrogen and oxygen atoms in total. The molecule has 4 heteroatoms. The van der Waals surface area contributed by atoms with Gasteiger partial charge in [0.15, 0.2) is 0 Å². The number of rotatable bonds is 1. The molecule has 0 aromatic rings. The lowest BCUT2D eigenvalue weighted by atomic mass is 10.0. The lowest BCUT2D eigenvalue weighted by molar-refractivity contribution is 0.0134. The predicted molar refractivity (Wildman–Crippen MR) is 75.6 cm³/mol. The lowest BCUT2D eigenvalue weighted by Crippen LogP contribution is -2.45. The van der Waals surface area contributed by atoms with Crippen molar-refractivity contribution in [3.05, 3.63) is 0 Å². The average molecular weight is 258 g/mol. The molecule has 0 radical (unpaired) electrons. The van der Waals surface area contributed by atoms with E-state index in [-0.39, 0.29) is 11.6 Å². The van der Waals surface area contributed by atoms with E-state index in [9.17, 15) is 4.79 Å². The molecule has 2 N–H and O–H groups in total. The fraction of sp³-hybridized carbons (Fsp3) is 0.929. The Morgan fingerprint density at radius 1 is 1.39 bits per heavy atom. The highest BCUT2D eigenvalue weighted by atomic mass is 16.6. The molecule has 0 atom stereocenters. The first kappa shape index (κ1) is 17.2. The van der Waals surface area contributed by atoms with E-state index >= 15 is 0 Å². The van der Waals surface area contributed by atoms with Crippen LogP contribution in [0.4, 0.5) is 4.79 Å². The monoisotopic (exact) mass is 258 g/mol. The van der Waals surface area contributed by atoms with Crippen molar-refractivity contribution < 1.29 is 9.53 Å². The van der Waals surface area contributed by atoms with Crippen molar-refractivity contribution in [1.29, 1.82) is 0 Å². The standard InChI is InChI=1S/C11H21NO2.C3H9N/c1-10(2,3)14-9(13)12-8-6-7-11(12,4)5;1-2-3-4/h6-8H2,1-5H3;2-4H2,1H3. The van der Waals surface area contributed by atoms with Crippen molar-refractivity contribution in [2.75, 3.05) is 13.1 Å². The fourth-order valence-electron chi connectivity index (χ4n) is 1.76. The molecular weight excluding hydrogens is 228 g/mol. The molecule has 1 heterocycles. The Labute approximate surface area is 112 Å². The second-order valence-corrected chi connectivity index (χ2v) is 6.34. The summed E-state index contributed by atoms with van der Waals surface area (Å²) in [7, 11) is 0. The Balaban J connectivity index is 0.000000631. The van der Waals surface area contributed by atoms with Gasteiger partial charge in [0.25, 0.3) is 0 Å². The van der Waals surface area contributed by atoms with E-state index in [0.717, 1.165) is 32.4 Å². The van der Waals surface area contributed by atoms with Gasteiger partial charge in [0.2, 0.25) is 0 Å². The number of hydrogen-bond donors (Lipinski definition) is 1. The van der Waals surface area contributed by atoms with E-state index in [1.54, 1.807) is 0 Å². The summed E-state index contributed by atoms with van der Waals surface area (Å²) < 4.78 is 5.34. The van der Waals surface area contributed by atoms with Crippen molar-refractivity contribution in [3.63, 3.8) is 0 Å². The quantitative estimate of drug-likeness (QED) is 0.786. The third-order valence-corrected chi connectivity index (χ3v) is 2.80. The molecule has 0 aliphatic carbocycles. The Kier molecular flexibility index (Phi) is 6.68. The summed E-state index contributed by atoms with van der Waals surface area (Å²) in [4.78, 5) is 13.6. The summed E-state index contributed by atoms with van der Waals surface area (Å²) in [6, 6.07) is 0. The molecule has 18 heavy (non-hydrogen) atoms. The molecule has 0 aromatic carbocycles. The smallest absolute Gasteiger partial charge is 0.410 e. The summed E-state index contributed by atoms with van der Waals surface area (Å²) in [6.45, 7) is 13.6. The first-order chi connectivity index (χ1) is 8.14. The maximum absolute atomic E-state index is 11.8. The molecule has 0 aromatic heterocycles. The molecule has 0 unspecified atom stereocenters. The van der Waals surface area contributed by atoms with Crippen LogP contribution in [0.3, 0.4) is 0 Å². The van der Waals surface area contributed by atoms with Crippen LogP contribution >= 0.6 is 0 Å². The Hall–Kier alpha value is -0.770. The van der Waals surface area contributed by atoms with Crippen LogP contribution in [0, 0.1) is 0 Å². The van der Waals surface area contributed by atoms with Gasteiger partial charge < -0.3 is 15.4 Å². The summed E-state index contributed by atoms with van der Waals surface area (Å²) in [5.74, 6) is 0. The zero-order valence-corrected chi connectivity index (χ0v) is 12.9. The van der Waals surface area contributed by atoms with Gasteiger partial charge in [-0.3, -0.25) is 0 Å². The van der Waals surface area contributed by atoms with Crippen molar-refractivity contribution in [3.8, 4) is 0 Å². The van der Waals surface area contributed by atoms with Gasteiger partial charge in [-0.15, -0.1) is 0 Å². The molecular formula is C14H30N2O2. The minimum atomic E-state index is -0.393. The number of amides is 1. The molecule has 0 saturated carbocycles. The minimum absolute atomic E-state index is 0.0394. The number of likely N-dealkylation sites (tertiary alicyclic amines) is 1. The lowest BCUT2D eigenvalue weighted by Gasteiger charge is -2.33. The van der Waals surface area contributed by atoms with Crippen LogP contribution in [-0.4, -0.2) is 35.2 Å². The van der Waals surface area contributed by atoms with E-state index in [1.807, 2.05) is 25.7 Å². The molecule has 108 valence electrons. The Morgan fingerprint density at radius 2 is 1.89 bits per heavy atom. The summed E-state index contributed by atoms with van der Waals surface area (Å²) in [6.07, 6.45) is 3.05. The molecule has 1 fully saturated rings. The van der Waals surface area contributed by atoms with Gasteiger partial charge in [0, 0.05) is 12.1 Å². The van der Waals surface area contributed by atoms with Crippen LogP contribution in [0.2, 0.25) is 0 Å². The maximum atomic E-state index is 11.8. The van der Waals surface area contributed by atoms with E-state index in [1.165, 1.54) is 0 Å². The number of nitrogens with two attached hydrogens (primary N) is 1. The zero-order chi connectivity index (χ0) is 14.4. The number of hydrogen-bond acceptors (Lipinski definition) is 3. The third kappa shape index (κ3) is 6.24. The van der Waals surface area contributed by atoms with Crippen molar-refractivity contribution in [2.24, 2.45) is 5.73 Å². The van der Waals surface area contributed by atoms with Crippen LogP contribution in [0.15, 0.2) is 0 Å². The van der Waals surface area contributed by atoms with Gasteiger partial charge in [-0.25, -0.2) is 4.79 Å².